The van der Waals surface area contributed by atoms with E-state index in [1.54, 1.807) is 31.2 Å². The van der Waals surface area contributed by atoms with Crippen LogP contribution in [-0.4, -0.2) is 12.6 Å². The normalized spacial score (nSPS) is 14.3. The van der Waals surface area contributed by atoms with Crippen LogP contribution in [0.1, 0.15) is 17.7 Å². The summed E-state index contributed by atoms with van der Waals surface area (Å²) in [5.41, 5.74) is 0.693. The highest BCUT2D eigenvalue weighted by Gasteiger charge is 2.28. The lowest BCUT2D eigenvalue weighted by Gasteiger charge is -2.13. The first-order valence-corrected chi connectivity index (χ1v) is 6.50. The molecule has 0 heterocycles. The molecule has 1 rings (SSSR count). The summed E-state index contributed by atoms with van der Waals surface area (Å²) in [6.45, 7) is 1.57. The fraction of sp³-hybridized carbons (Fsp3) is 0.333. The Labute approximate surface area is 93.8 Å². The molecule has 0 aliphatic carbocycles. The van der Waals surface area contributed by atoms with Crippen molar-refractivity contribution in [1.82, 2.24) is 0 Å². The van der Waals surface area contributed by atoms with Crippen molar-refractivity contribution < 1.29 is 8.42 Å². The summed E-state index contributed by atoms with van der Waals surface area (Å²) >= 11 is 10.8. The van der Waals surface area contributed by atoms with Crippen LogP contribution < -0.4 is 0 Å². The molecule has 1 atom stereocenters. The molecule has 2 nitrogen and oxygen atoms in total. The van der Waals surface area contributed by atoms with Gasteiger partial charge in [-0.05, 0) is 12.5 Å². The van der Waals surface area contributed by atoms with Gasteiger partial charge in [-0.2, -0.15) is 0 Å². The summed E-state index contributed by atoms with van der Waals surface area (Å²) in [5, 5.41) is -0.677. The molecule has 0 aliphatic rings. The Balaban J connectivity index is 3.03. The van der Waals surface area contributed by atoms with Gasteiger partial charge in [0.2, 0.25) is 4.17 Å². The smallest absolute Gasteiger partial charge is 0.208 e. The Morgan fingerprint density at radius 1 is 1.14 bits per heavy atom. The molecule has 0 aliphatic heterocycles. The SMILES string of the molecule is CC(c1ccccc1)S(=O)(=O)C(Cl)Cl. The van der Waals surface area contributed by atoms with Gasteiger partial charge in [0.15, 0.2) is 9.84 Å². The van der Waals surface area contributed by atoms with Gasteiger partial charge in [-0.3, -0.25) is 0 Å². The number of alkyl halides is 2. The van der Waals surface area contributed by atoms with Crippen LogP contribution in [0.5, 0.6) is 0 Å². The standard InChI is InChI=1S/C9H10Cl2O2S/c1-7(14(12,13)9(10)11)8-5-3-2-4-6-8/h2-7,9H,1H3. The van der Waals surface area contributed by atoms with Crippen molar-refractivity contribution in [2.24, 2.45) is 0 Å². The van der Waals surface area contributed by atoms with E-state index >= 15 is 0 Å². The van der Waals surface area contributed by atoms with Gasteiger partial charge in [0.25, 0.3) is 0 Å². The largest absolute Gasteiger partial charge is 0.225 e. The second kappa shape index (κ2) is 4.51. The number of halogens is 2. The van der Waals surface area contributed by atoms with E-state index in [-0.39, 0.29) is 0 Å². The molecule has 1 unspecified atom stereocenters. The minimum Gasteiger partial charge on any atom is -0.225 e. The summed E-state index contributed by atoms with van der Waals surface area (Å²) < 4.78 is 21.8. The summed E-state index contributed by atoms with van der Waals surface area (Å²) in [6.07, 6.45) is 0. The maximum Gasteiger partial charge on any atom is 0.208 e. The van der Waals surface area contributed by atoms with Gasteiger partial charge in [0.05, 0.1) is 5.25 Å². The van der Waals surface area contributed by atoms with E-state index in [2.05, 4.69) is 0 Å². The van der Waals surface area contributed by atoms with E-state index in [1.165, 1.54) is 0 Å². The number of benzene rings is 1. The topological polar surface area (TPSA) is 34.1 Å². The maximum absolute atomic E-state index is 11.6. The lowest BCUT2D eigenvalue weighted by molar-refractivity contribution is 0.589. The van der Waals surface area contributed by atoms with E-state index in [9.17, 15) is 8.42 Å². The van der Waals surface area contributed by atoms with Gasteiger partial charge in [-0.1, -0.05) is 53.5 Å². The van der Waals surface area contributed by atoms with Crippen LogP contribution >= 0.6 is 23.2 Å². The minimum absolute atomic E-state index is 0.677. The molecule has 14 heavy (non-hydrogen) atoms. The molecular weight excluding hydrogens is 243 g/mol. The third kappa shape index (κ3) is 2.41. The van der Waals surface area contributed by atoms with E-state index in [0.717, 1.165) is 0 Å². The Bertz CT molecular complexity index is 387. The molecule has 5 heteroatoms. The Morgan fingerprint density at radius 3 is 2.07 bits per heavy atom. The summed E-state index contributed by atoms with van der Waals surface area (Å²) in [6, 6.07) is 8.84. The second-order valence-corrected chi connectivity index (χ2v) is 6.87. The zero-order valence-electron chi connectivity index (χ0n) is 7.52. The first-order chi connectivity index (χ1) is 6.46. The van der Waals surface area contributed by atoms with Crippen LogP contribution in [0.15, 0.2) is 30.3 Å². The molecule has 78 valence electrons. The zero-order chi connectivity index (χ0) is 10.8. The van der Waals surface area contributed by atoms with Crippen molar-refractivity contribution in [2.45, 2.75) is 16.3 Å². The average molecular weight is 253 g/mol. The Morgan fingerprint density at radius 2 is 1.64 bits per heavy atom. The van der Waals surface area contributed by atoms with Crippen LogP contribution in [-0.2, 0) is 9.84 Å². The molecule has 0 amide bonds. The summed E-state index contributed by atoms with van der Waals surface area (Å²) in [7, 11) is -3.50. The van der Waals surface area contributed by atoms with Gasteiger partial charge in [0, 0.05) is 0 Å². The van der Waals surface area contributed by atoms with E-state index < -0.39 is 19.3 Å². The molecule has 0 N–H and O–H groups in total. The lowest BCUT2D eigenvalue weighted by atomic mass is 10.2. The Hall–Kier alpha value is -0.250. The molecule has 0 radical (unpaired) electrons. The molecule has 0 spiro atoms. The number of rotatable bonds is 3. The average Bonchev–Trinajstić information content (AvgIpc) is 2.17. The molecule has 1 aromatic carbocycles. The fourth-order valence-electron chi connectivity index (χ4n) is 1.07. The van der Waals surface area contributed by atoms with E-state index in [0.29, 0.717) is 5.56 Å². The minimum atomic E-state index is -3.50. The molecule has 0 aromatic heterocycles. The van der Waals surface area contributed by atoms with Crippen molar-refractivity contribution >= 4 is 33.0 Å². The monoisotopic (exact) mass is 252 g/mol. The Kier molecular flexibility index (Phi) is 3.81. The summed E-state index contributed by atoms with van der Waals surface area (Å²) in [4.78, 5) is 0. The first kappa shape index (κ1) is 11.8. The highest BCUT2D eigenvalue weighted by atomic mass is 35.5. The van der Waals surface area contributed by atoms with Crippen LogP contribution in [0.25, 0.3) is 0 Å². The van der Waals surface area contributed by atoms with Crippen LogP contribution in [0, 0.1) is 0 Å². The molecule has 0 bridgehead atoms. The molecular formula is C9H10Cl2O2S. The van der Waals surface area contributed by atoms with Crippen molar-refractivity contribution in [3.05, 3.63) is 35.9 Å². The second-order valence-electron chi connectivity index (χ2n) is 2.90. The highest BCUT2D eigenvalue weighted by molar-refractivity contribution is 7.94. The first-order valence-electron chi connectivity index (χ1n) is 4.02. The predicted octanol–water partition coefficient (Wildman–Crippen LogP) is 2.92. The third-order valence-corrected chi connectivity index (χ3v) is 5.25. The number of sulfone groups is 1. The molecule has 0 fully saturated rings. The molecule has 0 saturated carbocycles. The van der Waals surface area contributed by atoms with Gasteiger partial charge in [0.1, 0.15) is 0 Å². The maximum atomic E-state index is 11.6. The van der Waals surface area contributed by atoms with Crippen molar-refractivity contribution in [1.29, 1.82) is 0 Å². The van der Waals surface area contributed by atoms with Crippen molar-refractivity contribution in [2.75, 3.05) is 0 Å². The number of hydrogen-bond acceptors (Lipinski definition) is 2. The van der Waals surface area contributed by atoms with Crippen LogP contribution in [0.2, 0.25) is 0 Å². The van der Waals surface area contributed by atoms with E-state index in [1.807, 2.05) is 6.07 Å². The predicted molar refractivity (Wildman–Crippen MR) is 59.3 cm³/mol. The molecule has 0 saturated heterocycles. The van der Waals surface area contributed by atoms with E-state index in [4.69, 9.17) is 23.2 Å². The third-order valence-electron chi connectivity index (χ3n) is 2.01. The van der Waals surface area contributed by atoms with Gasteiger partial charge in [-0.25, -0.2) is 8.42 Å². The van der Waals surface area contributed by atoms with Crippen molar-refractivity contribution in [3.63, 3.8) is 0 Å². The highest BCUT2D eigenvalue weighted by Crippen LogP contribution is 2.28. The van der Waals surface area contributed by atoms with Gasteiger partial charge >= 0.3 is 0 Å². The quantitative estimate of drug-likeness (QED) is 0.776. The number of hydrogen-bond donors (Lipinski definition) is 0. The van der Waals surface area contributed by atoms with Crippen LogP contribution in [0.3, 0.4) is 0 Å². The van der Waals surface area contributed by atoms with Gasteiger partial charge in [-0.15, -0.1) is 0 Å². The zero-order valence-corrected chi connectivity index (χ0v) is 9.85. The molecule has 1 aromatic rings. The van der Waals surface area contributed by atoms with Crippen LogP contribution in [0.4, 0.5) is 0 Å². The lowest BCUT2D eigenvalue weighted by Crippen LogP contribution is -2.16. The fourth-order valence-corrected chi connectivity index (χ4v) is 2.84. The van der Waals surface area contributed by atoms with Crippen molar-refractivity contribution in [3.8, 4) is 0 Å². The summed E-state index contributed by atoms with van der Waals surface area (Å²) in [5.74, 6) is 0. The van der Waals surface area contributed by atoms with Gasteiger partial charge < -0.3 is 0 Å².